The van der Waals surface area contributed by atoms with Crippen LogP contribution in [-0.4, -0.2) is 122 Å². The van der Waals surface area contributed by atoms with Crippen LogP contribution in [0.15, 0.2) is 51.2 Å². The number of hydrogen-bond acceptors (Lipinski definition) is 22. The molecule has 0 radical (unpaired) electrons. The largest absolute Gasteiger partial charge is 0.507 e. The average molecular weight is 971 g/mol. The summed E-state index contributed by atoms with van der Waals surface area (Å²) in [5, 5.41) is 11.1. The van der Waals surface area contributed by atoms with E-state index in [0.717, 1.165) is 60.1 Å². The van der Waals surface area contributed by atoms with Crippen molar-refractivity contribution in [2.45, 2.75) is 137 Å². The van der Waals surface area contributed by atoms with Gasteiger partial charge in [-0.3, -0.25) is 38.4 Å². The molecular formula is C47H54O22. The second kappa shape index (κ2) is 22.8. The maximum Gasteiger partial charge on any atom is 0.308 e. The van der Waals surface area contributed by atoms with Gasteiger partial charge in [-0.05, 0) is 51.5 Å². The summed E-state index contributed by atoms with van der Waals surface area (Å²) in [5.41, 5.74) is 0.0572. The highest BCUT2D eigenvalue weighted by Gasteiger charge is 2.57. The van der Waals surface area contributed by atoms with Crippen LogP contribution in [0.2, 0.25) is 0 Å². The quantitative estimate of drug-likeness (QED) is 0.0916. The summed E-state index contributed by atoms with van der Waals surface area (Å²) in [5.74, 6) is -7.46. The molecule has 22 heteroatoms. The molecule has 2 aliphatic heterocycles. The minimum Gasteiger partial charge on any atom is -0.507 e. The molecule has 2 aliphatic rings. The number of allylic oxidation sites excluding steroid dienone is 2. The number of benzene rings is 2. The Hall–Kier alpha value is -7.04. The molecule has 0 spiro atoms. The molecule has 1 N–H and O–H groups in total. The van der Waals surface area contributed by atoms with Crippen molar-refractivity contribution in [1.82, 2.24) is 0 Å². The van der Waals surface area contributed by atoms with Crippen LogP contribution >= 0.6 is 0 Å². The molecule has 2 fully saturated rings. The number of ether oxygens (including phenoxy) is 12. The second-order valence-corrected chi connectivity index (χ2v) is 16.1. The van der Waals surface area contributed by atoms with Crippen molar-refractivity contribution in [1.29, 1.82) is 0 Å². The molecule has 5 rings (SSSR count). The fourth-order valence-electron chi connectivity index (χ4n) is 7.61. The summed E-state index contributed by atoms with van der Waals surface area (Å²) in [6.07, 6.45) is -15.1. The van der Waals surface area contributed by atoms with Crippen LogP contribution in [0.3, 0.4) is 0 Å². The van der Waals surface area contributed by atoms with Gasteiger partial charge in [-0.25, -0.2) is 0 Å². The Bertz CT molecular complexity index is 2520. The lowest BCUT2D eigenvalue weighted by molar-refractivity contribution is -0.357. The smallest absolute Gasteiger partial charge is 0.308 e. The number of phenolic OH excluding ortho intramolecular Hbond substituents is 1. The first kappa shape index (κ1) is 52.9. The van der Waals surface area contributed by atoms with Gasteiger partial charge in [-0.2, -0.15) is 0 Å². The summed E-state index contributed by atoms with van der Waals surface area (Å²) in [6, 6.07) is 7.22. The molecule has 2 aromatic carbocycles. The molecule has 0 aliphatic carbocycles. The van der Waals surface area contributed by atoms with Crippen LogP contribution < -0.4 is 19.6 Å². The fraction of sp³-hybridized carbons (Fsp3) is 0.489. The van der Waals surface area contributed by atoms with E-state index in [4.69, 9.17) is 61.3 Å². The minimum atomic E-state index is -1.97. The molecule has 0 bridgehead atoms. The first-order chi connectivity index (χ1) is 32.5. The zero-order chi connectivity index (χ0) is 51.0. The summed E-state index contributed by atoms with van der Waals surface area (Å²) < 4.78 is 76.1. The third kappa shape index (κ3) is 13.1. The number of hydrogen-bond donors (Lipinski definition) is 1. The Balaban J connectivity index is 1.80. The van der Waals surface area contributed by atoms with Gasteiger partial charge in [-0.1, -0.05) is 11.6 Å². The van der Waals surface area contributed by atoms with Crippen LogP contribution in [0.4, 0.5) is 0 Å². The minimum absolute atomic E-state index is 0.0592. The van der Waals surface area contributed by atoms with Crippen LogP contribution in [0.25, 0.3) is 22.3 Å². The molecule has 2 saturated heterocycles. The van der Waals surface area contributed by atoms with E-state index in [9.17, 15) is 38.7 Å². The van der Waals surface area contributed by atoms with Crippen LogP contribution in [-0.2, 0) is 82.6 Å². The van der Waals surface area contributed by atoms with Crippen molar-refractivity contribution in [3.05, 3.63) is 57.8 Å². The number of fused-ring (bicyclic) bond motifs is 1. The molecule has 22 nitrogen and oxygen atoms in total. The highest BCUT2D eigenvalue weighted by Crippen LogP contribution is 2.42. The molecule has 0 unspecified atom stereocenters. The highest BCUT2D eigenvalue weighted by molar-refractivity contribution is 5.92. The van der Waals surface area contributed by atoms with Gasteiger partial charge in [-0.15, -0.1) is 0 Å². The van der Waals surface area contributed by atoms with Crippen LogP contribution in [0.5, 0.6) is 23.0 Å². The third-order valence-electron chi connectivity index (χ3n) is 10.3. The van der Waals surface area contributed by atoms with E-state index < -0.39 is 132 Å². The number of methoxy groups -OCH3 is 1. The molecule has 3 heterocycles. The summed E-state index contributed by atoms with van der Waals surface area (Å²) >= 11 is 0. The molecule has 0 amide bonds. The number of carbonyl (C=O) groups excluding carboxylic acids is 7. The fourth-order valence-corrected chi connectivity index (χ4v) is 7.61. The van der Waals surface area contributed by atoms with Gasteiger partial charge < -0.3 is 66.4 Å². The average Bonchev–Trinajstić information content (AvgIpc) is 3.24. The normalized spacial score (nSPS) is 24.2. The number of carbonyl (C=O) groups is 7. The van der Waals surface area contributed by atoms with Gasteiger partial charge in [0.1, 0.15) is 40.9 Å². The van der Waals surface area contributed by atoms with Gasteiger partial charge in [0.25, 0.3) is 0 Å². The van der Waals surface area contributed by atoms with Gasteiger partial charge >= 0.3 is 41.8 Å². The topological polar surface area (TPSA) is 281 Å². The van der Waals surface area contributed by atoms with E-state index in [0.29, 0.717) is 5.75 Å². The molecule has 0 saturated carbocycles. The van der Waals surface area contributed by atoms with Crippen molar-refractivity contribution in [3.63, 3.8) is 0 Å². The van der Waals surface area contributed by atoms with Gasteiger partial charge in [0, 0.05) is 65.7 Å². The number of phenols is 1. The Kier molecular flexibility index (Phi) is 17.5. The molecule has 374 valence electrons. The van der Waals surface area contributed by atoms with E-state index >= 15 is 4.79 Å². The molecular weight excluding hydrogens is 916 g/mol. The Morgan fingerprint density at radius 1 is 0.667 bits per heavy atom. The van der Waals surface area contributed by atoms with Gasteiger partial charge in [0.2, 0.25) is 17.5 Å². The van der Waals surface area contributed by atoms with E-state index in [1.54, 1.807) is 18.2 Å². The van der Waals surface area contributed by atoms with Crippen molar-refractivity contribution in [2.75, 3.05) is 13.7 Å². The summed E-state index contributed by atoms with van der Waals surface area (Å²) in [4.78, 5) is 103. The maximum atomic E-state index is 15.1. The standard InChI is InChI=1S/C47H54O22/c1-20(2)12-17-31-33(60-23(5)49)18-32(55)35-36(56)41(38(67-39(31)35)29-13-15-30(57-11)16-14-29)68-46-45(42(63-26(8)52)37(21(3)59-46)61-24(6)50)69-47-44(65-28(10)54)43(64-27(9)53)40(62-25(7)51)34(66-47)19-58-22(4)48/h12-16,18,21,34,37,40,42-47,55H,17,19H2,1-11H3/t21-,34+,37-,40+,42+,43-,44+,45+,46-,47-/m0/s1. The molecule has 10 atom stereocenters. The lowest BCUT2D eigenvalue weighted by Gasteiger charge is -2.48. The Labute approximate surface area is 394 Å². The lowest BCUT2D eigenvalue weighted by atomic mass is 9.96. The van der Waals surface area contributed by atoms with E-state index in [1.165, 1.54) is 26.2 Å². The molecule has 69 heavy (non-hydrogen) atoms. The zero-order valence-corrected chi connectivity index (χ0v) is 39.7. The summed E-state index contributed by atoms with van der Waals surface area (Å²) in [6.45, 7) is 11.8. The third-order valence-corrected chi connectivity index (χ3v) is 10.3. The van der Waals surface area contributed by atoms with E-state index in [-0.39, 0.29) is 34.6 Å². The molecule has 1 aromatic heterocycles. The zero-order valence-electron chi connectivity index (χ0n) is 39.7. The van der Waals surface area contributed by atoms with Crippen LogP contribution in [0, 0.1) is 0 Å². The Morgan fingerprint density at radius 2 is 1.22 bits per heavy atom. The highest BCUT2D eigenvalue weighted by atomic mass is 16.8. The van der Waals surface area contributed by atoms with Crippen LogP contribution in [0.1, 0.15) is 74.8 Å². The first-order valence-electron chi connectivity index (χ1n) is 21.4. The lowest BCUT2D eigenvalue weighted by Crippen LogP contribution is -2.67. The van der Waals surface area contributed by atoms with Crippen molar-refractivity contribution in [3.8, 4) is 34.3 Å². The monoisotopic (exact) mass is 970 g/mol. The first-order valence-corrected chi connectivity index (χ1v) is 21.4. The van der Waals surface area contributed by atoms with Gasteiger partial charge in [0.15, 0.2) is 48.7 Å². The number of esters is 7. The van der Waals surface area contributed by atoms with Crippen molar-refractivity contribution >= 4 is 52.8 Å². The van der Waals surface area contributed by atoms with E-state index in [2.05, 4.69) is 0 Å². The predicted molar refractivity (Wildman–Crippen MR) is 233 cm³/mol. The SMILES string of the molecule is COc1ccc(-c2oc3c(CC=C(C)C)c(OC(C)=O)cc(O)c3c(=O)c2O[C@@H]2O[C@@H](C)[C@H](OC(C)=O)[C@@H](OC(C)=O)[C@H]2O[C@@H]2O[C@H](COC(C)=O)[C@@H](OC(C)=O)[C@H](OC(C)=O)[C@H]2OC(C)=O)cc1. The van der Waals surface area contributed by atoms with Crippen molar-refractivity contribution < 1.29 is 99.9 Å². The maximum absolute atomic E-state index is 15.1. The van der Waals surface area contributed by atoms with E-state index in [1.807, 2.05) is 13.8 Å². The molecule has 3 aromatic rings. The van der Waals surface area contributed by atoms with Gasteiger partial charge in [0.05, 0.1) is 13.2 Å². The number of aromatic hydroxyl groups is 1. The number of rotatable bonds is 16. The second-order valence-electron chi connectivity index (χ2n) is 16.1. The van der Waals surface area contributed by atoms with Crippen molar-refractivity contribution in [2.24, 2.45) is 0 Å². The predicted octanol–water partition coefficient (Wildman–Crippen LogP) is 4.06. The Morgan fingerprint density at radius 3 is 1.75 bits per heavy atom. The summed E-state index contributed by atoms with van der Waals surface area (Å²) in [7, 11) is 1.43.